The Hall–Kier alpha value is -1.98. The summed E-state index contributed by atoms with van der Waals surface area (Å²) in [6.07, 6.45) is -17.6. The van der Waals surface area contributed by atoms with Crippen molar-refractivity contribution in [2.75, 3.05) is 6.61 Å². The second-order valence-electron chi connectivity index (χ2n) is 6.67. The summed E-state index contributed by atoms with van der Waals surface area (Å²) in [6.45, 7) is 0.826. The highest BCUT2D eigenvalue weighted by Crippen LogP contribution is 2.59. The summed E-state index contributed by atoms with van der Waals surface area (Å²) in [6, 6.07) is 0. The number of esters is 1. The molecule has 0 saturated carbocycles. The molecule has 0 radical (unpaired) electrons. The van der Waals surface area contributed by atoms with Crippen molar-refractivity contribution >= 4 is 5.97 Å². The Labute approximate surface area is 177 Å². The highest BCUT2D eigenvalue weighted by Gasteiger charge is 2.86. The highest BCUT2D eigenvalue weighted by atomic mass is 19.4. The second-order valence-corrected chi connectivity index (χ2v) is 6.67. The third-order valence-corrected chi connectivity index (χ3v) is 3.91. The van der Waals surface area contributed by atoms with E-state index in [0.717, 1.165) is 0 Å². The molecule has 2 nitrogen and oxygen atoms in total. The van der Waals surface area contributed by atoms with Gasteiger partial charge in [-0.05, 0) is 0 Å². The number of halogens is 17. The minimum atomic E-state index is -7.89. The van der Waals surface area contributed by atoms with E-state index in [0.29, 0.717) is 0 Å². The minimum Gasteiger partial charge on any atom is -0.462 e. The van der Waals surface area contributed by atoms with E-state index in [2.05, 4.69) is 11.3 Å². The average Bonchev–Trinajstić information content (AvgIpc) is 2.57. The molecular weight excluding hydrogens is 535 g/mol. The number of rotatable bonds is 12. The zero-order valence-electron chi connectivity index (χ0n) is 15.9. The lowest BCUT2D eigenvalue weighted by Crippen LogP contribution is -2.68. The molecule has 0 saturated heterocycles. The van der Waals surface area contributed by atoms with Crippen LogP contribution in [0.1, 0.15) is 19.3 Å². The summed E-state index contributed by atoms with van der Waals surface area (Å²) in [5.41, 5.74) is 0. The first kappa shape index (κ1) is 32.0. The fourth-order valence-corrected chi connectivity index (χ4v) is 2.08. The summed E-state index contributed by atoms with van der Waals surface area (Å²) in [5.74, 6) is -51.2. The quantitative estimate of drug-likeness (QED) is 0.151. The normalized spacial score (nSPS) is 15.3. The monoisotopic (exact) mass is 546 g/mol. The van der Waals surface area contributed by atoms with Crippen LogP contribution in [0.15, 0.2) is 12.7 Å². The molecule has 0 unspecified atom stereocenters. The van der Waals surface area contributed by atoms with Crippen LogP contribution in [0.4, 0.5) is 74.6 Å². The average molecular weight is 546 g/mol. The molecule has 0 aromatic carbocycles. The SMILES string of the molecule is C=CC(=O)OCCC(F)(F)C(F)(F)C(F)(F)C(F)(F)C(F)(F)CC(F)(F)CC(F)(F)C(F)(F)F. The van der Waals surface area contributed by atoms with Crippen molar-refractivity contribution in [2.45, 2.75) is 66.9 Å². The Kier molecular flexibility index (Phi) is 8.70. The number of alkyl halides is 17. The van der Waals surface area contributed by atoms with Gasteiger partial charge in [-0.1, -0.05) is 6.58 Å². The molecule has 0 aromatic rings. The molecule has 0 N–H and O–H groups in total. The Morgan fingerprint density at radius 1 is 0.618 bits per heavy atom. The molecule has 0 aliphatic heterocycles. The van der Waals surface area contributed by atoms with E-state index < -0.39 is 79.5 Å². The van der Waals surface area contributed by atoms with Gasteiger partial charge in [0.2, 0.25) is 0 Å². The molecule has 0 bridgehead atoms. The van der Waals surface area contributed by atoms with Crippen LogP contribution < -0.4 is 0 Å². The molecule has 0 spiro atoms. The van der Waals surface area contributed by atoms with Crippen LogP contribution >= 0.6 is 0 Å². The maximum atomic E-state index is 13.6. The van der Waals surface area contributed by atoms with Crippen molar-refractivity contribution in [1.29, 1.82) is 0 Å². The van der Waals surface area contributed by atoms with E-state index in [1.807, 2.05) is 0 Å². The van der Waals surface area contributed by atoms with Crippen LogP contribution in [0.5, 0.6) is 0 Å². The smallest absolute Gasteiger partial charge is 0.453 e. The molecular formula is C15H11F17O2. The van der Waals surface area contributed by atoms with Gasteiger partial charge in [-0.15, -0.1) is 0 Å². The molecule has 0 fully saturated rings. The lowest BCUT2D eigenvalue weighted by molar-refractivity contribution is -0.407. The second kappa shape index (κ2) is 9.23. The number of hydrogen-bond donors (Lipinski definition) is 0. The van der Waals surface area contributed by atoms with Crippen LogP contribution in [0.2, 0.25) is 0 Å². The van der Waals surface area contributed by atoms with Crippen LogP contribution in [-0.4, -0.2) is 60.2 Å². The molecule has 202 valence electrons. The lowest BCUT2D eigenvalue weighted by atomic mass is 9.89. The minimum absolute atomic E-state index is 0.252. The summed E-state index contributed by atoms with van der Waals surface area (Å²) in [7, 11) is 0. The highest BCUT2D eigenvalue weighted by molar-refractivity contribution is 5.81. The van der Waals surface area contributed by atoms with Gasteiger partial charge in [0.1, 0.15) is 0 Å². The molecule has 34 heavy (non-hydrogen) atoms. The maximum Gasteiger partial charge on any atom is 0.453 e. The fourth-order valence-electron chi connectivity index (χ4n) is 2.08. The Morgan fingerprint density at radius 3 is 1.38 bits per heavy atom. The molecule has 19 heteroatoms. The van der Waals surface area contributed by atoms with E-state index in [4.69, 9.17) is 0 Å². The Bertz CT molecular complexity index is 738. The summed E-state index contributed by atoms with van der Waals surface area (Å²) in [4.78, 5) is 10.6. The van der Waals surface area contributed by atoms with Crippen molar-refractivity contribution in [3.8, 4) is 0 Å². The molecule has 0 amide bonds. The van der Waals surface area contributed by atoms with Gasteiger partial charge < -0.3 is 4.74 Å². The van der Waals surface area contributed by atoms with Gasteiger partial charge in [-0.3, -0.25) is 0 Å². The van der Waals surface area contributed by atoms with E-state index in [1.54, 1.807) is 0 Å². The standard InChI is InChI=1S/C15H11F17O2/c1-2-7(33)34-4-3-9(18,19)12(24,25)14(28,29)13(26,27)10(20,21)5-8(16,17)6-11(22,23)15(30,31)32/h2H,1,3-6H2. The van der Waals surface area contributed by atoms with E-state index in [9.17, 15) is 79.4 Å². The van der Waals surface area contributed by atoms with Crippen molar-refractivity contribution < 1.29 is 84.2 Å². The van der Waals surface area contributed by atoms with Crippen LogP contribution in [0, 0.1) is 0 Å². The number of carbonyl (C=O) groups excluding carboxylic acids is 1. The lowest BCUT2D eigenvalue weighted by Gasteiger charge is -2.40. The van der Waals surface area contributed by atoms with Gasteiger partial charge in [0.15, 0.2) is 0 Å². The predicted octanol–water partition coefficient (Wildman–Crippen LogP) is 6.90. The van der Waals surface area contributed by atoms with Gasteiger partial charge in [0, 0.05) is 6.08 Å². The third-order valence-electron chi connectivity index (χ3n) is 3.91. The largest absolute Gasteiger partial charge is 0.462 e. The molecule has 0 aliphatic carbocycles. The zero-order valence-corrected chi connectivity index (χ0v) is 15.9. The fraction of sp³-hybridized carbons (Fsp3) is 0.800. The predicted molar refractivity (Wildman–Crippen MR) is 75.7 cm³/mol. The first-order valence-electron chi connectivity index (χ1n) is 8.12. The first-order chi connectivity index (χ1) is 14.6. The van der Waals surface area contributed by atoms with Crippen LogP contribution in [-0.2, 0) is 9.53 Å². The summed E-state index contributed by atoms with van der Waals surface area (Å²) < 4.78 is 226. The van der Waals surface area contributed by atoms with Gasteiger partial charge in [-0.2, -0.15) is 65.9 Å². The summed E-state index contributed by atoms with van der Waals surface area (Å²) >= 11 is 0. The van der Waals surface area contributed by atoms with Gasteiger partial charge in [-0.25, -0.2) is 13.6 Å². The molecule has 0 aliphatic rings. The Morgan fingerprint density at radius 2 is 1.00 bits per heavy atom. The molecule has 0 rings (SSSR count). The van der Waals surface area contributed by atoms with Crippen molar-refractivity contribution in [3.05, 3.63) is 12.7 Å². The van der Waals surface area contributed by atoms with Gasteiger partial charge in [0.05, 0.1) is 25.9 Å². The topological polar surface area (TPSA) is 26.3 Å². The van der Waals surface area contributed by atoms with Crippen molar-refractivity contribution in [1.82, 2.24) is 0 Å². The molecule has 0 aromatic heterocycles. The van der Waals surface area contributed by atoms with Crippen molar-refractivity contribution in [3.63, 3.8) is 0 Å². The molecule has 0 atom stereocenters. The van der Waals surface area contributed by atoms with Crippen molar-refractivity contribution in [2.24, 2.45) is 0 Å². The first-order valence-corrected chi connectivity index (χ1v) is 8.12. The van der Waals surface area contributed by atoms with E-state index in [1.165, 1.54) is 0 Å². The van der Waals surface area contributed by atoms with Gasteiger partial charge >= 0.3 is 47.7 Å². The van der Waals surface area contributed by atoms with Crippen LogP contribution in [0.25, 0.3) is 0 Å². The van der Waals surface area contributed by atoms with E-state index >= 15 is 0 Å². The van der Waals surface area contributed by atoms with E-state index in [-0.39, 0.29) is 6.08 Å². The number of ether oxygens (including phenoxy) is 1. The van der Waals surface area contributed by atoms with Gasteiger partial charge in [0.25, 0.3) is 5.92 Å². The maximum absolute atomic E-state index is 13.6. The number of hydrogen-bond acceptors (Lipinski definition) is 2. The zero-order chi connectivity index (χ0) is 27.8. The molecule has 0 heterocycles. The third kappa shape index (κ3) is 6.17. The van der Waals surface area contributed by atoms with Crippen LogP contribution in [0.3, 0.4) is 0 Å². The number of carbonyl (C=O) groups is 1. The Balaban J connectivity index is 6.01. The summed E-state index contributed by atoms with van der Waals surface area (Å²) in [5, 5.41) is 0.